The number of ether oxygens (including phenoxy) is 2. The van der Waals surface area contributed by atoms with Gasteiger partial charge in [0.15, 0.2) is 6.61 Å². The molecule has 34 heavy (non-hydrogen) atoms. The van der Waals surface area contributed by atoms with E-state index in [9.17, 15) is 4.79 Å². The Morgan fingerprint density at radius 1 is 1.06 bits per heavy atom. The van der Waals surface area contributed by atoms with E-state index in [0.717, 1.165) is 57.3 Å². The number of carbonyl (C=O) groups excluding carboxylic acids is 1. The van der Waals surface area contributed by atoms with Crippen molar-refractivity contribution in [1.82, 2.24) is 19.9 Å². The molecule has 1 saturated carbocycles. The Balaban J connectivity index is 1.26. The number of hydrogen-bond acceptors (Lipinski definition) is 6. The van der Waals surface area contributed by atoms with Gasteiger partial charge in [-0.15, -0.1) is 5.10 Å². The molecule has 1 aromatic heterocycles. The Labute approximate surface area is 201 Å². The molecule has 0 saturated heterocycles. The van der Waals surface area contributed by atoms with Crippen LogP contribution >= 0.6 is 0 Å². The molecule has 1 fully saturated rings. The van der Waals surface area contributed by atoms with Crippen LogP contribution in [0.15, 0.2) is 66.9 Å². The summed E-state index contributed by atoms with van der Waals surface area (Å²) < 4.78 is 13.2. The van der Waals surface area contributed by atoms with Crippen LogP contribution in [0.3, 0.4) is 0 Å². The molecule has 1 heterocycles. The van der Waals surface area contributed by atoms with Gasteiger partial charge in [-0.2, -0.15) is 0 Å². The standard InChI is InChI=1S/C27H34N4O3/c1-30(18-10-13-22-11-4-2-5-12-22)19-23-20-31(29-28-23)25-16-8-9-17-26(25)34-27(32)21-33-24-14-6-3-7-15-24/h2-7,11-12,14-15,20,25-26H,8-10,13,16-19,21H2,1H3/t25-,26-/m1/s1. The second-order valence-electron chi connectivity index (χ2n) is 9.00. The molecular weight excluding hydrogens is 428 g/mol. The van der Waals surface area contributed by atoms with Gasteiger partial charge < -0.3 is 14.4 Å². The number of esters is 1. The maximum atomic E-state index is 12.4. The molecule has 0 aliphatic heterocycles. The Kier molecular flexibility index (Phi) is 8.68. The molecule has 0 amide bonds. The molecule has 0 spiro atoms. The number of nitrogens with zero attached hydrogens (tertiary/aromatic N) is 4. The van der Waals surface area contributed by atoms with E-state index in [2.05, 4.69) is 52.6 Å². The van der Waals surface area contributed by atoms with Crippen molar-refractivity contribution < 1.29 is 14.3 Å². The molecule has 180 valence electrons. The lowest BCUT2D eigenvalue weighted by Crippen LogP contribution is -2.34. The van der Waals surface area contributed by atoms with Gasteiger partial charge >= 0.3 is 5.97 Å². The van der Waals surface area contributed by atoms with Crippen LogP contribution in [0.4, 0.5) is 0 Å². The van der Waals surface area contributed by atoms with E-state index in [4.69, 9.17) is 9.47 Å². The largest absolute Gasteiger partial charge is 0.482 e. The van der Waals surface area contributed by atoms with Gasteiger partial charge in [-0.05, 0) is 63.4 Å². The second-order valence-corrected chi connectivity index (χ2v) is 9.00. The lowest BCUT2D eigenvalue weighted by molar-refractivity contribution is -0.155. The van der Waals surface area contributed by atoms with Gasteiger partial charge in [-0.3, -0.25) is 0 Å². The summed E-state index contributed by atoms with van der Waals surface area (Å²) in [6.07, 6.45) is 7.85. The zero-order chi connectivity index (χ0) is 23.6. The van der Waals surface area contributed by atoms with Crippen molar-refractivity contribution in [3.05, 3.63) is 78.1 Å². The molecule has 0 radical (unpaired) electrons. The first-order valence-electron chi connectivity index (χ1n) is 12.2. The first-order valence-corrected chi connectivity index (χ1v) is 12.2. The van der Waals surface area contributed by atoms with Crippen LogP contribution in [0, 0.1) is 0 Å². The van der Waals surface area contributed by atoms with Crippen LogP contribution in [0.5, 0.6) is 5.75 Å². The first kappa shape index (κ1) is 24.0. The van der Waals surface area contributed by atoms with Gasteiger partial charge in [-0.1, -0.05) is 60.2 Å². The summed E-state index contributed by atoms with van der Waals surface area (Å²) in [7, 11) is 2.11. The molecule has 3 aromatic rings. The molecule has 1 aliphatic carbocycles. The zero-order valence-corrected chi connectivity index (χ0v) is 19.9. The van der Waals surface area contributed by atoms with E-state index in [1.165, 1.54) is 5.56 Å². The number of aromatic nitrogens is 3. The maximum absolute atomic E-state index is 12.4. The SMILES string of the molecule is CN(CCCc1ccccc1)Cc1cn([C@@H]2CCCC[C@H]2OC(=O)COc2ccccc2)nn1. The van der Waals surface area contributed by atoms with Gasteiger partial charge in [0, 0.05) is 6.54 Å². The van der Waals surface area contributed by atoms with E-state index >= 15 is 0 Å². The minimum Gasteiger partial charge on any atom is -0.482 e. The van der Waals surface area contributed by atoms with Gasteiger partial charge in [0.05, 0.1) is 17.9 Å². The fraction of sp³-hybridized carbons (Fsp3) is 0.444. The molecule has 7 nitrogen and oxygen atoms in total. The van der Waals surface area contributed by atoms with Gasteiger partial charge in [0.2, 0.25) is 0 Å². The summed E-state index contributed by atoms with van der Waals surface area (Å²) in [5.74, 6) is 0.313. The average molecular weight is 463 g/mol. The van der Waals surface area contributed by atoms with Crippen LogP contribution in [-0.2, 0) is 22.5 Å². The summed E-state index contributed by atoms with van der Waals surface area (Å²) >= 11 is 0. The molecule has 2 atom stereocenters. The Morgan fingerprint density at radius 3 is 2.59 bits per heavy atom. The van der Waals surface area contributed by atoms with Crippen LogP contribution in [0.2, 0.25) is 0 Å². The summed E-state index contributed by atoms with van der Waals surface area (Å²) in [6, 6.07) is 19.9. The van der Waals surface area contributed by atoms with Crippen LogP contribution in [0.1, 0.15) is 49.4 Å². The van der Waals surface area contributed by atoms with Gasteiger partial charge in [0.25, 0.3) is 0 Å². The molecule has 4 rings (SSSR count). The van der Waals surface area contributed by atoms with E-state index < -0.39 is 0 Å². The number of para-hydroxylation sites is 1. The third-order valence-corrected chi connectivity index (χ3v) is 6.23. The molecule has 0 N–H and O–H groups in total. The predicted octanol–water partition coefficient (Wildman–Crippen LogP) is 4.45. The average Bonchev–Trinajstić information content (AvgIpc) is 3.32. The number of carbonyl (C=O) groups is 1. The molecule has 0 unspecified atom stereocenters. The van der Waals surface area contributed by atoms with Crippen molar-refractivity contribution in [2.45, 2.75) is 57.2 Å². The fourth-order valence-corrected chi connectivity index (χ4v) is 4.48. The van der Waals surface area contributed by atoms with Crippen LogP contribution < -0.4 is 4.74 Å². The molecule has 1 aliphatic rings. The predicted molar refractivity (Wildman–Crippen MR) is 130 cm³/mol. The van der Waals surface area contributed by atoms with Crippen LogP contribution in [-0.4, -0.2) is 52.2 Å². The van der Waals surface area contributed by atoms with E-state index in [-0.39, 0.29) is 24.7 Å². The molecular formula is C27H34N4O3. The normalized spacial score (nSPS) is 18.1. The molecule has 7 heteroatoms. The smallest absolute Gasteiger partial charge is 0.344 e. The second kappa shape index (κ2) is 12.3. The highest BCUT2D eigenvalue weighted by Gasteiger charge is 2.31. The highest BCUT2D eigenvalue weighted by molar-refractivity contribution is 5.71. The highest BCUT2D eigenvalue weighted by atomic mass is 16.6. The Bertz CT molecular complexity index is 1010. The number of benzene rings is 2. The van der Waals surface area contributed by atoms with Crippen molar-refractivity contribution in [2.75, 3.05) is 20.2 Å². The van der Waals surface area contributed by atoms with Gasteiger partial charge in [0.1, 0.15) is 11.9 Å². The van der Waals surface area contributed by atoms with Crippen molar-refractivity contribution in [2.24, 2.45) is 0 Å². The maximum Gasteiger partial charge on any atom is 0.344 e. The van der Waals surface area contributed by atoms with Crippen molar-refractivity contribution in [3.63, 3.8) is 0 Å². The highest BCUT2D eigenvalue weighted by Crippen LogP contribution is 2.30. The number of hydrogen-bond donors (Lipinski definition) is 0. The monoisotopic (exact) mass is 462 g/mol. The first-order chi connectivity index (χ1) is 16.7. The van der Waals surface area contributed by atoms with Gasteiger partial charge in [-0.25, -0.2) is 9.48 Å². The zero-order valence-electron chi connectivity index (χ0n) is 19.9. The minimum absolute atomic E-state index is 0.0130. The fourth-order valence-electron chi connectivity index (χ4n) is 4.48. The van der Waals surface area contributed by atoms with Crippen molar-refractivity contribution >= 4 is 5.97 Å². The van der Waals surface area contributed by atoms with Crippen molar-refractivity contribution in [1.29, 1.82) is 0 Å². The summed E-state index contributed by atoms with van der Waals surface area (Å²) in [5, 5.41) is 8.78. The minimum atomic E-state index is -0.348. The quantitative estimate of drug-likeness (QED) is 0.392. The summed E-state index contributed by atoms with van der Waals surface area (Å²) in [4.78, 5) is 14.7. The third-order valence-electron chi connectivity index (χ3n) is 6.23. The number of aryl methyl sites for hydroxylation is 1. The molecule has 2 aromatic carbocycles. The molecule has 0 bridgehead atoms. The van der Waals surface area contributed by atoms with E-state index in [1.54, 1.807) is 0 Å². The van der Waals surface area contributed by atoms with E-state index in [1.807, 2.05) is 41.2 Å². The lowest BCUT2D eigenvalue weighted by atomic mass is 9.92. The lowest BCUT2D eigenvalue weighted by Gasteiger charge is -2.30. The van der Waals surface area contributed by atoms with Crippen LogP contribution in [0.25, 0.3) is 0 Å². The number of rotatable bonds is 11. The summed E-state index contributed by atoms with van der Waals surface area (Å²) in [5.41, 5.74) is 2.30. The summed E-state index contributed by atoms with van der Waals surface area (Å²) in [6.45, 7) is 1.65. The van der Waals surface area contributed by atoms with Crippen molar-refractivity contribution in [3.8, 4) is 5.75 Å². The Hall–Kier alpha value is -3.19. The Morgan fingerprint density at radius 2 is 1.79 bits per heavy atom. The topological polar surface area (TPSA) is 69.5 Å². The third kappa shape index (κ3) is 7.15. The van der Waals surface area contributed by atoms with E-state index in [0.29, 0.717) is 5.75 Å².